The molecule has 0 aliphatic rings. The summed E-state index contributed by atoms with van der Waals surface area (Å²) in [6.45, 7) is 3.95. The van der Waals surface area contributed by atoms with Gasteiger partial charge in [-0.3, -0.25) is 0 Å². The Balaban J connectivity index is 2.07. The second-order valence-electron chi connectivity index (χ2n) is 5.72. The van der Waals surface area contributed by atoms with Crippen LogP contribution >= 0.6 is 0 Å². The van der Waals surface area contributed by atoms with Crippen molar-refractivity contribution >= 4 is 10.0 Å². The van der Waals surface area contributed by atoms with E-state index in [4.69, 9.17) is 9.47 Å². The molecule has 2 aromatic carbocycles. The minimum atomic E-state index is -3.63. The summed E-state index contributed by atoms with van der Waals surface area (Å²) in [4.78, 5) is 0.215. The Hall–Kier alpha value is -2.12. The highest BCUT2D eigenvalue weighted by Crippen LogP contribution is 2.27. The number of hydrogen-bond donors (Lipinski definition) is 0. The Kier molecular flexibility index (Phi) is 6.02. The van der Waals surface area contributed by atoms with Crippen LogP contribution < -0.4 is 9.47 Å². The van der Waals surface area contributed by atoms with Crippen molar-refractivity contribution in [2.45, 2.75) is 18.7 Å². The normalized spacial score (nSPS) is 11.6. The Morgan fingerprint density at radius 1 is 1.08 bits per heavy atom. The van der Waals surface area contributed by atoms with Crippen LogP contribution in [0.3, 0.4) is 0 Å². The number of benzene rings is 2. The van der Waals surface area contributed by atoms with Gasteiger partial charge >= 0.3 is 0 Å². The SMILES string of the molecule is COc1c(C)cc(S(=O)(=O)N(C)CCOc2ccc(F)cc2)cc1C. The Bertz CT molecular complexity index is 812. The fraction of sp³-hybridized carbons (Fsp3) is 0.333. The maximum absolute atomic E-state index is 12.8. The summed E-state index contributed by atoms with van der Waals surface area (Å²) in [5, 5.41) is 0. The highest BCUT2D eigenvalue weighted by Gasteiger charge is 2.22. The van der Waals surface area contributed by atoms with E-state index >= 15 is 0 Å². The molecule has 0 aromatic heterocycles. The van der Waals surface area contributed by atoms with Crippen molar-refractivity contribution in [3.63, 3.8) is 0 Å². The molecule has 0 saturated heterocycles. The fourth-order valence-corrected chi connectivity index (χ4v) is 3.83. The maximum atomic E-state index is 12.8. The van der Waals surface area contributed by atoms with Gasteiger partial charge < -0.3 is 9.47 Å². The molecule has 0 aliphatic carbocycles. The van der Waals surface area contributed by atoms with Crippen molar-refractivity contribution in [1.82, 2.24) is 4.31 Å². The predicted octanol–water partition coefficient (Wildman–Crippen LogP) is 3.15. The van der Waals surface area contributed by atoms with Crippen LogP contribution in [0.25, 0.3) is 0 Å². The lowest BCUT2D eigenvalue weighted by molar-refractivity contribution is 0.286. The molecular weight excluding hydrogens is 345 g/mol. The van der Waals surface area contributed by atoms with E-state index in [2.05, 4.69) is 0 Å². The summed E-state index contributed by atoms with van der Waals surface area (Å²) in [5.41, 5.74) is 1.52. The van der Waals surface area contributed by atoms with E-state index in [-0.39, 0.29) is 23.9 Å². The largest absolute Gasteiger partial charge is 0.496 e. The van der Waals surface area contributed by atoms with Crippen LogP contribution in [0, 0.1) is 19.7 Å². The number of hydrogen-bond acceptors (Lipinski definition) is 4. The number of aryl methyl sites for hydroxylation is 2. The third-order valence-corrected chi connectivity index (χ3v) is 5.67. The van der Waals surface area contributed by atoms with E-state index in [0.29, 0.717) is 11.5 Å². The van der Waals surface area contributed by atoms with E-state index in [1.807, 2.05) is 13.8 Å². The molecule has 0 radical (unpaired) electrons. The second kappa shape index (κ2) is 7.84. The molecule has 0 spiro atoms. The average Bonchev–Trinajstić information content (AvgIpc) is 2.56. The van der Waals surface area contributed by atoms with Crippen LogP contribution in [0.15, 0.2) is 41.3 Å². The van der Waals surface area contributed by atoms with Crippen LogP contribution in [-0.2, 0) is 10.0 Å². The van der Waals surface area contributed by atoms with Crippen LogP contribution in [0.2, 0.25) is 0 Å². The molecule has 0 unspecified atom stereocenters. The zero-order chi connectivity index (χ0) is 18.6. The molecule has 25 heavy (non-hydrogen) atoms. The van der Waals surface area contributed by atoms with Crippen molar-refractivity contribution in [2.24, 2.45) is 0 Å². The molecule has 7 heteroatoms. The number of sulfonamides is 1. The van der Waals surface area contributed by atoms with Crippen molar-refractivity contribution < 1.29 is 22.3 Å². The van der Waals surface area contributed by atoms with Crippen LogP contribution in [0.5, 0.6) is 11.5 Å². The van der Waals surface area contributed by atoms with Crippen molar-refractivity contribution in [2.75, 3.05) is 27.3 Å². The van der Waals surface area contributed by atoms with Gasteiger partial charge in [0.25, 0.3) is 0 Å². The molecule has 2 aromatic rings. The third kappa shape index (κ3) is 4.49. The molecule has 0 amide bonds. The molecule has 2 rings (SSSR count). The predicted molar refractivity (Wildman–Crippen MR) is 94.2 cm³/mol. The molecular formula is C18H22FNO4S. The van der Waals surface area contributed by atoms with Gasteiger partial charge in [0.05, 0.1) is 12.0 Å². The third-order valence-electron chi connectivity index (χ3n) is 3.83. The number of ether oxygens (including phenoxy) is 2. The number of rotatable bonds is 7. The van der Waals surface area contributed by atoms with Gasteiger partial charge in [-0.05, 0) is 61.4 Å². The quantitative estimate of drug-likeness (QED) is 0.754. The molecule has 0 aliphatic heterocycles. The number of halogens is 1. The first-order valence-electron chi connectivity index (χ1n) is 7.75. The van der Waals surface area contributed by atoms with Crippen molar-refractivity contribution in [3.8, 4) is 11.5 Å². The first kappa shape index (κ1) is 19.2. The minimum absolute atomic E-state index is 0.162. The summed E-state index contributed by atoms with van der Waals surface area (Å²) in [5.74, 6) is 0.821. The van der Waals surface area contributed by atoms with Crippen LogP contribution in [-0.4, -0.2) is 40.0 Å². The molecule has 5 nitrogen and oxygen atoms in total. The van der Waals surface area contributed by atoms with Crippen LogP contribution in [0.4, 0.5) is 4.39 Å². The van der Waals surface area contributed by atoms with Crippen molar-refractivity contribution in [1.29, 1.82) is 0 Å². The molecule has 0 bridgehead atoms. The summed E-state index contributed by atoms with van der Waals surface area (Å²) in [6.07, 6.45) is 0. The van der Waals surface area contributed by atoms with Gasteiger partial charge in [-0.15, -0.1) is 0 Å². The van der Waals surface area contributed by atoms with Gasteiger partial charge in [-0.2, -0.15) is 4.31 Å². The first-order chi connectivity index (χ1) is 11.8. The molecule has 0 heterocycles. The zero-order valence-electron chi connectivity index (χ0n) is 14.7. The van der Waals surface area contributed by atoms with E-state index in [9.17, 15) is 12.8 Å². The standard InChI is InChI=1S/C18H22FNO4S/c1-13-11-17(12-14(2)18(13)23-4)25(21,22)20(3)9-10-24-16-7-5-15(19)6-8-16/h5-8,11-12H,9-10H2,1-4H3. The zero-order valence-corrected chi connectivity index (χ0v) is 15.6. The average molecular weight is 367 g/mol. The van der Waals surface area contributed by atoms with Crippen LogP contribution in [0.1, 0.15) is 11.1 Å². The van der Waals surface area contributed by atoms with E-state index in [1.54, 1.807) is 19.2 Å². The Morgan fingerprint density at radius 3 is 2.16 bits per heavy atom. The van der Waals surface area contributed by atoms with E-state index in [0.717, 1.165) is 11.1 Å². The molecule has 0 fully saturated rings. The smallest absolute Gasteiger partial charge is 0.242 e. The lowest BCUT2D eigenvalue weighted by Gasteiger charge is -2.19. The molecule has 0 atom stereocenters. The van der Waals surface area contributed by atoms with Crippen molar-refractivity contribution in [3.05, 3.63) is 53.3 Å². The lowest BCUT2D eigenvalue weighted by Crippen LogP contribution is -2.31. The Labute approximate surface area is 148 Å². The topological polar surface area (TPSA) is 55.8 Å². The minimum Gasteiger partial charge on any atom is -0.496 e. The summed E-state index contributed by atoms with van der Waals surface area (Å²) in [6, 6.07) is 8.77. The fourth-order valence-electron chi connectivity index (χ4n) is 2.50. The molecule has 136 valence electrons. The summed E-state index contributed by atoms with van der Waals surface area (Å²) in [7, 11) is -0.576. The molecule has 0 saturated carbocycles. The second-order valence-corrected chi connectivity index (χ2v) is 7.76. The van der Waals surface area contributed by atoms with Gasteiger partial charge in [0, 0.05) is 13.6 Å². The van der Waals surface area contributed by atoms with Gasteiger partial charge in [-0.1, -0.05) is 0 Å². The van der Waals surface area contributed by atoms with E-state index in [1.165, 1.54) is 35.6 Å². The monoisotopic (exact) mass is 367 g/mol. The first-order valence-corrected chi connectivity index (χ1v) is 9.19. The lowest BCUT2D eigenvalue weighted by atomic mass is 10.1. The summed E-state index contributed by atoms with van der Waals surface area (Å²) < 4.78 is 50.2. The molecule has 0 N–H and O–H groups in total. The van der Waals surface area contributed by atoms with E-state index < -0.39 is 10.0 Å². The highest BCUT2D eigenvalue weighted by molar-refractivity contribution is 7.89. The summed E-state index contributed by atoms with van der Waals surface area (Å²) >= 11 is 0. The van der Waals surface area contributed by atoms with Gasteiger partial charge in [0.1, 0.15) is 23.9 Å². The highest BCUT2D eigenvalue weighted by atomic mass is 32.2. The number of nitrogens with zero attached hydrogens (tertiary/aromatic N) is 1. The van der Waals surface area contributed by atoms with Gasteiger partial charge in [0.2, 0.25) is 10.0 Å². The van der Waals surface area contributed by atoms with Gasteiger partial charge in [-0.25, -0.2) is 12.8 Å². The Morgan fingerprint density at radius 2 is 1.64 bits per heavy atom. The number of likely N-dealkylation sites (N-methyl/N-ethyl adjacent to an activating group) is 1. The maximum Gasteiger partial charge on any atom is 0.242 e. The van der Waals surface area contributed by atoms with Gasteiger partial charge in [0.15, 0.2) is 0 Å². The number of methoxy groups -OCH3 is 1.